The fraction of sp³-hybridized carbons (Fsp3) is 0.714. The Morgan fingerprint density at radius 1 is 1.50 bits per heavy atom. The molecule has 1 aliphatic carbocycles. The molecule has 3 N–H and O–H groups in total. The third-order valence-electron chi connectivity index (χ3n) is 4.19. The lowest BCUT2D eigenvalue weighted by Crippen LogP contribution is -2.42. The van der Waals surface area contributed by atoms with E-state index in [9.17, 15) is 0 Å². The van der Waals surface area contributed by atoms with Gasteiger partial charge in [0, 0.05) is 27.8 Å². The smallest absolute Gasteiger partial charge is 0.0300 e. The molecule has 1 aromatic rings. The molecule has 0 aromatic carbocycles. The second-order valence-corrected chi connectivity index (χ2v) is 7.63. The molecule has 1 aromatic heterocycles. The van der Waals surface area contributed by atoms with Gasteiger partial charge in [0.15, 0.2) is 0 Å². The maximum absolute atomic E-state index is 6.02. The number of hydrogen-bond acceptors (Lipinski definition) is 3. The average Bonchev–Trinajstić information content (AvgIpc) is 2.78. The summed E-state index contributed by atoms with van der Waals surface area (Å²) >= 11 is 5.30. The number of nitrogens with two attached hydrogens (primary N) is 1. The second-order valence-electron chi connectivity index (χ2n) is 5.72. The van der Waals surface area contributed by atoms with Crippen LogP contribution in [0.3, 0.4) is 0 Å². The summed E-state index contributed by atoms with van der Waals surface area (Å²) in [6.07, 6.45) is 5.24. The van der Waals surface area contributed by atoms with E-state index >= 15 is 0 Å². The van der Waals surface area contributed by atoms with Gasteiger partial charge in [0.2, 0.25) is 0 Å². The van der Waals surface area contributed by atoms with Crippen LogP contribution in [-0.4, -0.2) is 13.1 Å². The Bertz CT molecular complexity index is 370. The van der Waals surface area contributed by atoms with E-state index in [4.69, 9.17) is 5.73 Å². The Morgan fingerprint density at radius 2 is 2.22 bits per heavy atom. The van der Waals surface area contributed by atoms with Crippen molar-refractivity contribution < 1.29 is 0 Å². The summed E-state index contributed by atoms with van der Waals surface area (Å²) in [5, 5.41) is 5.74. The molecular formula is C14H23BrN2S. The van der Waals surface area contributed by atoms with Crippen LogP contribution in [0.15, 0.2) is 15.9 Å². The van der Waals surface area contributed by atoms with Gasteiger partial charge in [-0.25, -0.2) is 0 Å². The lowest BCUT2D eigenvalue weighted by Gasteiger charge is -2.38. The molecular weight excluding hydrogens is 308 g/mol. The van der Waals surface area contributed by atoms with E-state index in [0.29, 0.717) is 5.41 Å². The monoisotopic (exact) mass is 330 g/mol. The summed E-state index contributed by atoms with van der Waals surface area (Å²) in [7, 11) is 0. The predicted molar refractivity (Wildman–Crippen MR) is 82.8 cm³/mol. The first-order chi connectivity index (χ1) is 8.63. The Morgan fingerprint density at radius 3 is 2.78 bits per heavy atom. The molecule has 18 heavy (non-hydrogen) atoms. The summed E-state index contributed by atoms with van der Waals surface area (Å²) in [5.41, 5.74) is 6.37. The van der Waals surface area contributed by atoms with Crippen LogP contribution in [-0.2, 0) is 6.54 Å². The minimum Gasteiger partial charge on any atom is -0.330 e. The number of thiophene rings is 1. The van der Waals surface area contributed by atoms with Gasteiger partial charge in [0.05, 0.1) is 0 Å². The molecule has 4 heteroatoms. The van der Waals surface area contributed by atoms with E-state index in [1.807, 2.05) is 0 Å². The van der Waals surface area contributed by atoms with Gasteiger partial charge >= 0.3 is 0 Å². The standard InChI is InChI=1S/C14H23BrN2S/c1-11-2-4-14(9-16,5-3-11)10-17-7-13-6-12(15)8-18-13/h6,8,11,17H,2-5,7,9-10,16H2,1H3. The lowest BCUT2D eigenvalue weighted by molar-refractivity contribution is 0.159. The molecule has 0 radical (unpaired) electrons. The Balaban J connectivity index is 1.80. The molecule has 1 fully saturated rings. The maximum Gasteiger partial charge on any atom is 0.0300 e. The van der Waals surface area contributed by atoms with Crippen LogP contribution < -0.4 is 11.1 Å². The highest BCUT2D eigenvalue weighted by Crippen LogP contribution is 2.37. The highest BCUT2D eigenvalue weighted by molar-refractivity contribution is 9.10. The van der Waals surface area contributed by atoms with Gasteiger partial charge in [-0.05, 0) is 52.7 Å². The molecule has 2 rings (SSSR count). The molecule has 102 valence electrons. The van der Waals surface area contributed by atoms with Crippen LogP contribution in [0, 0.1) is 11.3 Å². The molecule has 0 unspecified atom stereocenters. The number of halogens is 1. The van der Waals surface area contributed by atoms with Crippen molar-refractivity contribution in [1.82, 2.24) is 5.32 Å². The van der Waals surface area contributed by atoms with E-state index in [1.54, 1.807) is 11.3 Å². The summed E-state index contributed by atoms with van der Waals surface area (Å²) in [6, 6.07) is 2.19. The second kappa shape index (κ2) is 6.51. The van der Waals surface area contributed by atoms with Crippen molar-refractivity contribution >= 4 is 27.3 Å². The van der Waals surface area contributed by atoms with Crippen LogP contribution >= 0.6 is 27.3 Å². The normalized spacial score (nSPS) is 28.5. The van der Waals surface area contributed by atoms with Gasteiger partial charge in [-0.2, -0.15) is 0 Å². The van der Waals surface area contributed by atoms with Crippen molar-refractivity contribution in [3.63, 3.8) is 0 Å². The molecule has 1 heterocycles. The Labute approximate surface area is 122 Å². The third-order valence-corrected chi connectivity index (χ3v) is 5.89. The number of hydrogen-bond donors (Lipinski definition) is 2. The number of rotatable bonds is 5. The van der Waals surface area contributed by atoms with Gasteiger partial charge in [-0.15, -0.1) is 11.3 Å². The van der Waals surface area contributed by atoms with Gasteiger partial charge in [-0.3, -0.25) is 0 Å². The quantitative estimate of drug-likeness (QED) is 0.862. The highest BCUT2D eigenvalue weighted by atomic mass is 79.9. The zero-order chi connectivity index (χ0) is 13.0. The summed E-state index contributed by atoms with van der Waals surface area (Å²) in [4.78, 5) is 1.39. The maximum atomic E-state index is 6.02. The zero-order valence-electron chi connectivity index (χ0n) is 11.0. The highest BCUT2D eigenvalue weighted by Gasteiger charge is 2.32. The van der Waals surface area contributed by atoms with Crippen molar-refractivity contribution in [2.45, 2.75) is 39.2 Å². The fourth-order valence-electron chi connectivity index (χ4n) is 2.72. The first-order valence-electron chi connectivity index (χ1n) is 6.77. The molecule has 0 bridgehead atoms. The van der Waals surface area contributed by atoms with Crippen LogP contribution in [0.2, 0.25) is 0 Å². The van der Waals surface area contributed by atoms with E-state index in [-0.39, 0.29) is 0 Å². The van der Waals surface area contributed by atoms with Gasteiger partial charge in [0.25, 0.3) is 0 Å². The van der Waals surface area contributed by atoms with Crippen molar-refractivity contribution in [2.75, 3.05) is 13.1 Å². The molecule has 2 nitrogen and oxygen atoms in total. The van der Waals surface area contributed by atoms with E-state index < -0.39 is 0 Å². The fourth-order valence-corrected chi connectivity index (χ4v) is 4.15. The summed E-state index contributed by atoms with van der Waals surface area (Å²) in [6.45, 7) is 5.21. The van der Waals surface area contributed by atoms with Crippen LogP contribution in [0.4, 0.5) is 0 Å². The molecule has 0 atom stereocenters. The average molecular weight is 331 g/mol. The van der Waals surface area contributed by atoms with Crippen molar-refractivity contribution in [3.8, 4) is 0 Å². The Hall–Kier alpha value is 0.1000. The lowest BCUT2D eigenvalue weighted by atomic mass is 9.71. The largest absolute Gasteiger partial charge is 0.330 e. The summed E-state index contributed by atoms with van der Waals surface area (Å²) in [5.74, 6) is 0.887. The topological polar surface area (TPSA) is 38.0 Å². The minimum atomic E-state index is 0.348. The van der Waals surface area contributed by atoms with Crippen LogP contribution in [0.1, 0.15) is 37.5 Å². The molecule has 1 saturated carbocycles. The predicted octanol–water partition coefficient (Wildman–Crippen LogP) is 3.76. The first kappa shape index (κ1) is 14.5. The minimum absolute atomic E-state index is 0.348. The van der Waals surface area contributed by atoms with E-state index in [0.717, 1.165) is 25.6 Å². The first-order valence-corrected chi connectivity index (χ1v) is 8.44. The van der Waals surface area contributed by atoms with Crippen LogP contribution in [0.5, 0.6) is 0 Å². The third kappa shape index (κ3) is 3.80. The Kier molecular flexibility index (Phi) is 5.24. The molecule has 0 aliphatic heterocycles. The van der Waals surface area contributed by atoms with Crippen molar-refractivity contribution in [2.24, 2.45) is 17.1 Å². The molecule has 0 spiro atoms. The molecule has 0 saturated heterocycles. The van der Waals surface area contributed by atoms with Crippen molar-refractivity contribution in [3.05, 3.63) is 20.8 Å². The zero-order valence-corrected chi connectivity index (χ0v) is 13.4. The van der Waals surface area contributed by atoms with Gasteiger partial charge < -0.3 is 11.1 Å². The van der Waals surface area contributed by atoms with Crippen LogP contribution in [0.25, 0.3) is 0 Å². The van der Waals surface area contributed by atoms with Gasteiger partial charge in [-0.1, -0.05) is 19.8 Å². The SMILES string of the molecule is CC1CCC(CN)(CNCc2cc(Br)cs2)CC1. The molecule has 1 aliphatic rings. The van der Waals surface area contributed by atoms with E-state index in [1.165, 1.54) is 35.0 Å². The number of nitrogens with one attached hydrogen (secondary N) is 1. The summed E-state index contributed by atoms with van der Waals surface area (Å²) < 4.78 is 1.18. The van der Waals surface area contributed by atoms with Gasteiger partial charge in [0.1, 0.15) is 0 Å². The van der Waals surface area contributed by atoms with E-state index in [2.05, 4.69) is 39.6 Å². The van der Waals surface area contributed by atoms with Crippen molar-refractivity contribution in [1.29, 1.82) is 0 Å². The molecule has 0 amide bonds.